The van der Waals surface area contributed by atoms with E-state index < -0.39 is 23.8 Å². The van der Waals surface area contributed by atoms with E-state index in [1.54, 1.807) is 12.1 Å². The molecule has 3 N–H and O–H groups in total. The van der Waals surface area contributed by atoms with Crippen LogP contribution in [-0.2, 0) is 4.79 Å². The first-order valence-corrected chi connectivity index (χ1v) is 10.9. The van der Waals surface area contributed by atoms with E-state index in [0.717, 1.165) is 42.0 Å². The molecule has 1 saturated heterocycles. The number of fused-ring (bicyclic) bond motifs is 1. The van der Waals surface area contributed by atoms with Crippen LogP contribution in [0.4, 0.5) is 24.0 Å². The summed E-state index contributed by atoms with van der Waals surface area (Å²) in [7, 11) is 1.35. The van der Waals surface area contributed by atoms with Gasteiger partial charge in [0.15, 0.2) is 5.13 Å². The summed E-state index contributed by atoms with van der Waals surface area (Å²) in [5, 5.41) is 10.1. The Morgan fingerprint density at radius 1 is 1.34 bits per heavy atom. The molecule has 1 amide bonds. The van der Waals surface area contributed by atoms with Gasteiger partial charge in [0.25, 0.3) is 0 Å². The maximum absolute atomic E-state index is 13.8. The number of anilines is 2. The van der Waals surface area contributed by atoms with Gasteiger partial charge in [-0.2, -0.15) is 13.2 Å². The number of carbonyl (C=O) groups is 1. The molecule has 1 aromatic heterocycles. The van der Waals surface area contributed by atoms with Crippen LogP contribution in [0, 0.1) is 5.92 Å². The Balaban J connectivity index is 1.77. The Labute approximate surface area is 186 Å². The number of carbonyl (C=O) groups excluding carboxylic acids is 1. The summed E-state index contributed by atoms with van der Waals surface area (Å²) in [4.78, 5) is 19.6. The van der Waals surface area contributed by atoms with Crippen LogP contribution in [0.3, 0.4) is 0 Å². The number of nitrogens with two attached hydrogens (primary N) is 1. The number of methoxy groups -OCH3 is 1. The van der Waals surface area contributed by atoms with Gasteiger partial charge < -0.3 is 25.4 Å². The molecule has 172 valence electrons. The average molecular weight is 469 g/mol. The molecule has 11 heteroatoms. The minimum absolute atomic E-state index is 0.0888. The highest BCUT2D eigenvalue weighted by Crippen LogP contribution is 2.44. The number of thiazole rings is 1. The topological polar surface area (TPSA) is 91.9 Å². The van der Waals surface area contributed by atoms with Crippen LogP contribution in [0.25, 0.3) is 10.2 Å². The number of ether oxygens (including phenoxy) is 1. The quantitative estimate of drug-likeness (QED) is 0.700. The normalized spacial score (nSPS) is 20.0. The Morgan fingerprint density at radius 2 is 2.06 bits per heavy atom. The molecule has 0 bridgehead atoms. The molecule has 0 saturated carbocycles. The highest BCUT2D eigenvalue weighted by Gasteiger charge is 2.43. The lowest BCUT2D eigenvalue weighted by Gasteiger charge is -2.35. The number of allylic oxidation sites excluding steroid dienone is 3. The van der Waals surface area contributed by atoms with E-state index in [-0.39, 0.29) is 24.0 Å². The van der Waals surface area contributed by atoms with Crippen LogP contribution in [0.1, 0.15) is 12.8 Å². The van der Waals surface area contributed by atoms with Crippen molar-refractivity contribution in [3.05, 3.63) is 36.1 Å². The second kappa shape index (κ2) is 8.62. The molecule has 2 aliphatic rings. The lowest BCUT2D eigenvalue weighted by Crippen LogP contribution is -2.47. The lowest BCUT2D eigenvalue weighted by molar-refractivity contribution is -0.119. The van der Waals surface area contributed by atoms with Crippen LogP contribution in [-0.4, -0.2) is 55.0 Å². The number of amides is 1. The van der Waals surface area contributed by atoms with Crippen molar-refractivity contribution >= 4 is 38.3 Å². The van der Waals surface area contributed by atoms with Crippen molar-refractivity contribution in [2.45, 2.75) is 25.1 Å². The molecule has 0 radical (unpaired) electrons. The maximum atomic E-state index is 13.8. The van der Waals surface area contributed by atoms with Crippen LogP contribution in [0.5, 0.6) is 5.75 Å². The van der Waals surface area contributed by atoms with Gasteiger partial charge in [0.2, 0.25) is 5.91 Å². The lowest BCUT2D eigenvalue weighted by atomic mass is 9.98. The van der Waals surface area contributed by atoms with E-state index in [9.17, 15) is 23.1 Å². The summed E-state index contributed by atoms with van der Waals surface area (Å²) < 4.78 is 47.5. The number of piperidine rings is 1. The zero-order valence-corrected chi connectivity index (χ0v) is 18.1. The number of primary amides is 1. The molecule has 7 nitrogen and oxygen atoms in total. The summed E-state index contributed by atoms with van der Waals surface area (Å²) in [5.41, 5.74) is 5.11. The number of nitrogens with zero attached hydrogens (tertiary/aromatic N) is 3. The van der Waals surface area contributed by atoms with Gasteiger partial charge in [-0.15, -0.1) is 0 Å². The number of rotatable bonds is 5. The minimum atomic E-state index is -4.70. The molecule has 1 aromatic carbocycles. The summed E-state index contributed by atoms with van der Waals surface area (Å²) in [5.74, 6) is -0.474. The summed E-state index contributed by atoms with van der Waals surface area (Å²) in [6.07, 6.45) is 0.411. The molecule has 0 spiro atoms. The molecule has 1 atom stereocenters. The first-order chi connectivity index (χ1) is 15.2. The van der Waals surface area contributed by atoms with Crippen molar-refractivity contribution in [3.8, 4) is 5.75 Å². The number of aliphatic hydroxyl groups excluding tert-OH is 1. The molecule has 0 aliphatic carbocycles. The third kappa shape index (κ3) is 4.14. The van der Waals surface area contributed by atoms with Crippen LogP contribution < -0.4 is 20.3 Å². The van der Waals surface area contributed by atoms with Gasteiger partial charge in [-0.1, -0.05) is 23.5 Å². The smallest absolute Gasteiger partial charge is 0.431 e. The Kier molecular flexibility index (Phi) is 6.04. The number of alkyl halides is 3. The van der Waals surface area contributed by atoms with Crippen molar-refractivity contribution in [2.75, 3.05) is 36.6 Å². The van der Waals surface area contributed by atoms with E-state index in [1.165, 1.54) is 30.6 Å². The van der Waals surface area contributed by atoms with E-state index in [1.807, 2.05) is 0 Å². The van der Waals surface area contributed by atoms with Crippen LogP contribution in [0.15, 0.2) is 36.1 Å². The zero-order chi connectivity index (χ0) is 23.0. The number of halogens is 3. The Bertz CT molecular complexity index is 1070. The predicted molar refractivity (Wildman–Crippen MR) is 117 cm³/mol. The molecule has 1 fully saturated rings. The number of hydrogen-bond acceptors (Lipinski definition) is 7. The van der Waals surface area contributed by atoms with Gasteiger partial charge in [0.1, 0.15) is 17.5 Å². The first-order valence-electron chi connectivity index (χ1n) is 10.1. The third-order valence-electron chi connectivity index (χ3n) is 5.75. The molecule has 3 heterocycles. The van der Waals surface area contributed by atoms with Crippen LogP contribution in [0.2, 0.25) is 0 Å². The molecule has 1 unspecified atom stereocenters. The van der Waals surface area contributed by atoms with E-state index in [0.29, 0.717) is 10.2 Å². The van der Waals surface area contributed by atoms with E-state index in [2.05, 4.69) is 9.88 Å². The first kappa shape index (κ1) is 22.4. The fraction of sp³-hybridized carbons (Fsp3) is 0.429. The van der Waals surface area contributed by atoms with Gasteiger partial charge in [0.05, 0.1) is 23.0 Å². The Morgan fingerprint density at radius 3 is 2.66 bits per heavy atom. The summed E-state index contributed by atoms with van der Waals surface area (Å²) >= 11 is 1.36. The monoisotopic (exact) mass is 468 g/mol. The standard InChI is InChI=1S/C21H23F3N4O3S/c1-31-16-9-13-17(32-20(26-13)27-7-5-12(11-29)6-8-27)10-15(16)28-14(19(25)30)3-2-4-18(28)21(22,23)24/h2-4,9-10,12,14,29H,5-8,11H2,1H3,(H2,25,30). The average Bonchev–Trinajstić information content (AvgIpc) is 3.20. The summed E-state index contributed by atoms with van der Waals surface area (Å²) in [6, 6.07) is 1.83. The highest BCUT2D eigenvalue weighted by atomic mass is 32.1. The zero-order valence-electron chi connectivity index (χ0n) is 17.3. The maximum Gasteiger partial charge on any atom is 0.431 e. The highest BCUT2D eigenvalue weighted by molar-refractivity contribution is 7.22. The molecule has 32 heavy (non-hydrogen) atoms. The largest absolute Gasteiger partial charge is 0.494 e. The van der Waals surface area contributed by atoms with Gasteiger partial charge in [-0.3, -0.25) is 4.79 Å². The molecule has 2 aliphatic heterocycles. The predicted octanol–water partition coefficient (Wildman–Crippen LogP) is 3.19. The molecular weight excluding hydrogens is 445 g/mol. The Hall–Kier alpha value is -2.79. The van der Waals surface area contributed by atoms with Crippen LogP contribution >= 0.6 is 11.3 Å². The molecular formula is C21H23F3N4O3S. The van der Waals surface area contributed by atoms with Crippen molar-refractivity contribution in [3.63, 3.8) is 0 Å². The van der Waals surface area contributed by atoms with Gasteiger partial charge in [0, 0.05) is 25.8 Å². The fourth-order valence-corrected chi connectivity index (χ4v) is 5.06. The second-order valence-corrected chi connectivity index (χ2v) is 8.76. The van der Waals surface area contributed by atoms with Crippen molar-refractivity contribution in [1.29, 1.82) is 0 Å². The third-order valence-corrected chi connectivity index (χ3v) is 6.83. The number of aromatic nitrogens is 1. The molecule has 2 aromatic rings. The SMILES string of the molecule is COc1cc2nc(N3CCC(CO)CC3)sc2cc1N1C(C(F)(F)F)=CC=CC1C(N)=O. The van der Waals surface area contributed by atoms with Crippen molar-refractivity contribution in [2.24, 2.45) is 11.7 Å². The van der Waals surface area contributed by atoms with E-state index >= 15 is 0 Å². The number of aliphatic hydroxyl groups is 1. The van der Waals surface area contributed by atoms with Gasteiger partial charge in [-0.05, 0) is 30.9 Å². The van der Waals surface area contributed by atoms with E-state index in [4.69, 9.17) is 10.5 Å². The van der Waals surface area contributed by atoms with Gasteiger partial charge >= 0.3 is 6.18 Å². The summed E-state index contributed by atoms with van der Waals surface area (Å²) in [6.45, 7) is 1.65. The van der Waals surface area contributed by atoms with Crippen molar-refractivity contribution < 1.29 is 27.8 Å². The van der Waals surface area contributed by atoms with Gasteiger partial charge in [-0.25, -0.2) is 4.98 Å². The fourth-order valence-electron chi connectivity index (χ4n) is 4.03. The second-order valence-electron chi connectivity index (χ2n) is 7.75. The minimum Gasteiger partial charge on any atom is -0.494 e. The van der Waals surface area contributed by atoms with Crippen molar-refractivity contribution in [1.82, 2.24) is 4.98 Å². The molecule has 4 rings (SSSR count). The number of hydrogen-bond donors (Lipinski definition) is 2. The number of benzene rings is 1.